The molecule has 0 aromatic carbocycles. The van der Waals surface area contributed by atoms with Crippen LogP contribution in [0.5, 0.6) is 0 Å². The summed E-state index contributed by atoms with van der Waals surface area (Å²) in [6.07, 6.45) is 1.96. The molecule has 6 heteroatoms. The van der Waals surface area contributed by atoms with Gasteiger partial charge in [0.05, 0.1) is 0 Å². The molecule has 2 aliphatic heterocycles. The van der Waals surface area contributed by atoms with Crippen molar-refractivity contribution < 1.29 is 14.4 Å². The summed E-state index contributed by atoms with van der Waals surface area (Å²) in [5, 5.41) is 2.23. The molecule has 6 nitrogen and oxygen atoms in total. The van der Waals surface area contributed by atoms with Crippen LogP contribution in [0, 0.1) is 5.92 Å². The number of hydrogen-bond donors (Lipinski definition) is 1. The smallest absolute Gasteiger partial charge is 0.321 e. The van der Waals surface area contributed by atoms with Crippen LogP contribution in [-0.2, 0) is 9.59 Å². The van der Waals surface area contributed by atoms with Crippen LogP contribution in [0.25, 0.3) is 0 Å². The van der Waals surface area contributed by atoms with E-state index in [1.54, 1.807) is 11.8 Å². The van der Waals surface area contributed by atoms with Crippen molar-refractivity contribution in [1.29, 1.82) is 0 Å². The maximum Gasteiger partial charge on any atom is 0.321 e. The minimum absolute atomic E-state index is 0.0300. The van der Waals surface area contributed by atoms with E-state index in [0.29, 0.717) is 19.0 Å². The number of carbonyl (C=O) groups excluding carboxylic acids is 3. The SMILES string of the molecule is CC1CCN(C(=O)N2CC(=O)NC(=O)C2C)CC1. The fourth-order valence-corrected chi connectivity index (χ4v) is 2.33. The lowest BCUT2D eigenvalue weighted by molar-refractivity contribution is -0.138. The lowest BCUT2D eigenvalue weighted by Gasteiger charge is -2.38. The van der Waals surface area contributed by atoms with Crippen molar-refractivity contribution in [3.05, 3.63) is 0 Å². The Balaban J connectivity index is 2.03. The molecule has 0 saturated carbocycles. The predicted octanol–water partition coefficient (Wildman–Crippen LogP) is 0.185. The second-order valence-electron chi connectivity index (χ2n) is 5.17. The molecule has 2 aliphatic rings. The first-order valence-corrected chi connectivity index (χ1v) is 6.38. The summed E-state index contributed by atoms with van der Waals surface area (Å²) in [7, 11) is 0. The van der Waals surface area contributed by atoms with Gasteiger partial charge in [-0.15, -0.1) is 0 Å². The largest absolute Gasteiger partial charge is 0.325 e. The highest BCUT2D eigenvalue weighted by molar-refractivity contribution is 6.03. The maximum absolute atomic E-state index is 12.3. The van der Waals surface area contributed by atoms with Crippen molar-refractivity contribution >= 4 is 17.8 Å². The van der Waals surface area contributed by atoms with Gasteiger partial charge in [-0.1, -0.05) is 6.92 Å². The summed E-state index contributed by atoms with van der Waals surface area (Å²) in [6.45, 7) is 5.20. The molecular weight excluding hydrogens is 234 g/mol. The third-order valence-electron chi connectivity index (χ3n) is 3.72. The molecule has 18 heavy (non-hydrogen) atoms. The number of carbonyl (C=O) groups is 3. The van der Waals surface area contributed by atoms with E-state index in [9.17, 15) is 14.4 Å². The Morgan fingerprint density at radius 3 is 2.44 bits per heavy atom. The molecule has 0 aromatic heterocycles. The van der Waals surface area contributed by atoms with Gasteiger partial charge in [0.25, 0.3) is 0 Å². The van der Waals surface area contributed by atoms with E-state index < -0.39 is 17.9 Å². The van der Waals surface area contributed by atoms with Gasteiger partial charge in [0, 0.05) is 13.1 Å². The molecule has 1 unspecified atom stereocenters. The number of urea groups is 1. The normalized spacial score (nSPS) is 26.2. The molecule has 0 aliphatic carbocycles. The highest BCUT2D eigenvalue weighted by atomic mass is 16.2. The van der Waals surface area contributed by atoms with E-state index >= 15 is 0 Å². The lowest BCUT2D eigenvalue weighted by Crippen LogP contribution is -2.61. The van der Waals surface area contributed by atoms with Gasteiger partial charge in [-0.2, -0.15) is 0 Å². The summed E-state index contributed by atoms with van der Waals surface area (Å²) in [5.41, 5.74) is 0. The standard InChI is InChI=1S/C12H19N3O3/c1-8-3-5-14(6-4-8)12(18)15-7-10(16)13-11(17)9(15)2/h8-9H,3-7H2,1-2H3,(H,13,16,17). The van der Waals surface area contributed by atoms with Crippen molar-refractivity contribution in [3.63, 3.8) is 0 Å². The van der Waals surface area contributed by atoms with E-state index in [2.05, 4.69) is 12.2 Å². The maximum atomic E-state index is 12.3. The molecule has 0 spiro atoms. The zero-order valence-corrected chi connectivity index (χ0v) is 10.8. The highest BCUT2D eigenvalue weighted by Gasteiger charge is 2.36. The fourth-order valence-electron chi connectivity index (χ4n) is 2.33. The first kappa shape index (κ1) is 12.9. The molecule has 2 saturated heterocycles. The highest BCUT2D eigenvalue weighted by Crippen LogP contribution is 2.18. The molecule has 0 radical (unpaired) electrons. The van der Waals surface area contributed by atoms with Gasteiger partial charge in [-0.25, -0.2) is 4.79 Å². The van der Waals surface area contributed by atoms with Crippen LogP contribution in [0.2, 0.25) is 0 Å². The molecule has 0 bridgehead atoms. The molecular formula is C12H19N3O3. The van der Waals surface area contributed by atoms with Gasteiger partial charge in [-0.05, 0) is 25.7 Å². The number of amides is 4. The van der Waals surface area contributed by atoms with E-state index in [4.69, 9.17) is 0 Å². The van der Waals surface area contributed by atoms with Crippen LogP contribution in [0.15, 0.2) is 0 Å². The van der Waals surface area contributed by atoms with Gasteiger partial charge in [0.15, 0.2) is 0 Å². The number of nitrogens with zero attached hydrogens (tertiary/aromatic N) is 2. The topological polar surface area (TPSA) is 69.7 Å². The minimum Gasteiger partial charge on any atom is -0.325 e. The third-order valence-corrected chi connectivity index (χ3v) is 3.72. The molecule has 0 aromatic rings. The van der Waals surface area contributed by atoms with Crippen LogP contribution < -0.4 is 5.32 Å². The summed E-state index contributed by atoms with van der Waals surface area (Å²) in [6, 6.07) is -0.771. The number of hydrogen-bond acceptors (Lipinski definition) is 3. The number of nitrogens with one attached hydrogen (secondary N) is 1. The van der Waals surface area contributed by atoms with Crippen LogP contribution >= 0.6 is 0 Å². The van der Waals surface area contributed by atoms with Gasteiger partial charge in [0.2, 0.25) is 11.8 Å². The van der Waals surface area contributed by atoms with Gasteiger partial charge >= 0.3 is 6.03 Å². The molecule has 1 atom stereocenters. The van der Waals surface area contributed by atoms with Gasteiger partial charge in [0.1, 0.15) is 12.6 Å². The van der Waals surface area contributed by atoms with Gasteiger partial charge < -0.3 is 9.80 Å². The van der Waals surface area contributed by atoms with Gasteiger partial charge in [-0.3, -0.25) is 14.9 Å². The Morgan fingerprint density at radius 1 is 1.22 bits per heavy atom. The van der Waals surface area contributed by atoms with Crippen LogP contribution in [0.3, 0.4) is 0 Å². The van der Waals surface area contributed by atoms with E-state index in [1.165, 1.54) is 4.90 Å². The number of likely N-dealkylation sites (tertiary alicyclic amines) is 1. The Hall–Kier alpha value is -1.59. The Labute approximate surface area is 106 Å². The van der Waals surface area contributed by atoms with E-state index in [0.717, 1.165) is 12.8 Å². The molecule has 4 amide bonds. The molecule has 1 N–H and O–H groups in total. The third kappa shape index (κ3) is 2.47. The fraction of sp³-hybridized carbons (Fsp3) is 0.750. The molecule has 100 valence electrons. The zero-order chi connectivity index (χ0) is 13.3. The Bertz CT molecular complexity index is 375. The summed E-state index contributed by atoms with van der Waals surface area (Å²) in [4.78, 5) is 38.2. The zero-order valence-electron chi connectivity index (χ0n) is 10.8. The van der Waals surface area contributed by atoms with E-state index in [-0.39, 0.29) is 12.6 Å². The Kier molecular flexibility index (Phi) is 3.54. The van der Waals surface area contributed by atoms with E-state index in [1.807, 2.05) is 0 Å². The van der Waals surface area contributed by atoms with Crippen molar-refractivity contribution in [3.8, 4) is 0 Å². The summed E-state index contributed by atoms with van der Waals surface area (Å²) < 4.78 is 0. The van der Waals surface area contributed by atoms with Crippen molar-refractivity contribution in [1.82, 2.24) is 15.1 Å². The monoisotopic (exact) mass is 253 g/mol. The van der Waals surface area contributed by atoms with Crippen molar-refractivity contribution in [2.75, 3.05) is 19.6 Å². The second kappa shape index (κ2) is 4.96. The lowest BCUT2D eigenvalue weighted by atomic mass is 9.99. The molecule has 2 fully saturated rings. The number of rotatable bonds is 0. The first-order valence-electron chi connectivity index (χ1n) is 6.38. The van der Waals surface area contributed by atoms with Crippen LogP contribution in [-0.4, -0.2) is 53.3 Å². The number of piperidine rings is 1. The Morgan fingerprint density at radius 2 is 1.83 bits per heavy atom. The number of imide groups is 1. The molecule has 2 heterocycles. The average molecular weight is 253 g/mol. The predicted molar refractivity (Wildman–Crippen MR) is 64.7 cm³/mol. The summed E-state index contributed by atoms with van der Waals surface area (Å²) in [5.74, 6) is -0.167. The second-order valence-corrected chi connectivity index (χ2v) is 5.17. The van der Waals surface area contributed by atoms with Crippen LogP contribution in [0.1, 0.15) is 26.7 Å². The van der Waals surface area contributed by atoms with Crippen LogP contribution in [0.4, 0.5) is 4.79 Å². The first-order chi connectivity index (χ1) is 8.49. The number of piperazine rings is 1. The molecule has 2 rings (SSSR count). The quantitative estimate of drug-likeness (QED) is 0.626. The minimum atomic E-state index is -0.574. The average Bonchev–Trinajstić information content (AvgIpc) is 2.34. The summed E-state index contributed by atoms with van der Waals surface area (Å²) >= 11 is 0. The van der Waals surface area contributed by atoms with Crippen molar-refractivity contribution in [2.45, 2.75) is 32.7 Å². The van der Waals surface area contributed by atoms with Crippen molar-refractivity contribution in [2.24, 2.45) is 5.92 Å².